The Morgan fingerprint density at radius 2 is 1.70 bits per heavy atom. The minimum absolute atomic E-state index is 0.0479. The second-order valence-corrected chi connectivity index (χ2v) is 7.89. The Labute approximate surface area is 179 Å². The summed E-state index contributed by atoms with van der Waals surface area (Å²) >= 11 is 0. The Kier molecular flexibility index (Phi) is 8.11. The molecule has 0 saturated carbocycles. The Hall–Kier alpha value is -2.57. The van der Waals surface area contributed by atoms with Crippen molar-refractivity contribution in [2.75, 3.05) is 46.4 Å². The van der Waals surface area contributed by atoms with Crippen LogP contribution in [0.2, 0.25) is 0 Å². The van der Waals surface area contributed by atoms with Gasteiger partial charge in [0.25, 0.3) is 5.91 Å². The first kappa shape index (κ1) is 22.1. The molecule has 2 aromatic rings. The first-order valence-electron chi connectivity index (χ1n) is 10.7. The van der Waals surface area contributed by atoms with E-state index in [0.29, 0.717) is 23.6 Å². The number of ether oxygens (including phenoxy) is 2. The summed E-state index contributed by atoms with van der Waals surface area (Å²) in [7, 11) is 1.58. The summed E-state index contributed by atoms with van der Waals surface area (Å²) in [5.41, 5.74) is 1.94. The third-order valence-corrected chi connectivity index (χ3v) is 5.22. The van der Waals surface area contributed by atoms with Crippen molar-refractivity contribution in [2.45, 2.75) is 26.5 Å². The van der Waals surface area contributed by atoms with Crippen LogP contribution in [0.15, 0.2) is 48.5 Å². The number of nitrogens with zero attached hydrogens (tertiary/aromatic N) is 2. The van der Waals surface area contributed by atoms with Crippen molar-refractivity contribution in [1.82, 2.24) is 15.1 Å². The molecule has 1 heterocycles. The van der Waals surface area contributed by atoms with Gasteiger partial charge in [-0.05, 0) is 37.6 Å². The lowest BCUT2D eigenvalue weighted by Crippen LogP contribution is -2.48. The molecule has 0 atom stereocenters. The topological polar surface area (TPSA) is 54.0 Å². The Bertz CT molecular complexity index is 803. The van der Waals surface area contributed by atoms with Crippen LogP contribution in [0.4, 0.5) is 0 Å². The van der Waals surface area contributed by atoms with Crippen LogP contribution in [0, 0.1) is 0 Å². The van der Waals surface area contributed by atoms with E-state index in [2.05, 4.69) is 45.4 Å². The number of amides is 1. The lowest BCUT2D eigenvalue weighted by Gasteiger charge is -2.34. The standard InChI is InChI=1S/C24H33N3O3/c1-19(2)30-22-10-9-21(17-23(22)29-3)24(28)25-11-12-26-13-15-27(16-14-26)18-20-7-5-4-6-8-20/h4-10,17,19H,11-16,18H2,1-3H3,(H,25,28). The van der Waals surface area contributed by atoms with E-state index < -0.39 is 0 Å². The maximum Gasteiger partial charge on any atom is 0.251 e. The van der Waals surface area contributed by atoms with Gasteiger partial charge in [0.15, 0.2) is 11.5 Å². The molecule has 0 unspecified atom stereocenters. The lowest BCUT2D eigenvalue weighted by molar-refractivity contribution is 0.0933. The Morgan fingerprint density at radius 1 is 1.00 bits per heavy atom. The number of benzene rings is 2. The van der Waals surface area contributed by atoms with Crippen molar-refractivity contribution in [3.63, 3.8) is 0 Å². The van der Waals surface area contributed by atoms with E-state index in [0.717, 1.165) is 39.3 Å². The first-order valence-corrected chi connectivity index (χ1v) is 10.7. The summed E-state index contributed by atoms with van der Waals surface area (Å²) in [5.74, 6) is 1.13. The number of hydrogen-bond donors (Lipinski definition) is 1. The second-order valence-electron chi connectivity index (χ2n) is 7.89. The first-order chi connectivity index (χ1) is 14.5. The maximum absolute atomic E-state index is 12.5. The number of nitrogens with one attached hydrogen (secondary N) is 1. The van der Waals surface area contributed by atoms with Gasteiger partial charge in [-0.1, -0.05) is 30.3 Å². The largest absolute Gasteiger partial charge is 0.493 e. The molecule has 0 radical (unpaired) electrons. The van der Waals surface area contributed by atoms with Crippen LogP contribution in [0.1, 0.15) is 29.8 Å². The third kappa shape index (κ3) is 6.47. The molecule has 1 N–H and O–H groups in total. The molecular formula is C24H33N3O3. The number of methoxy groups -OCH3 is 1. The molecule has 1 saturated heterocycles. The summed E-state index contributed by atoms with van der Waals surface area (Å²) in [6.07, 6.45) is 0.0479. The summed E-state index contributed by atoms with van der Waals surface area (Å²) in [5, 5.41) is 3.02. The smallest absolute Gasteiger partial charge is 0.251 e. The molecule has 2 aromatic carbocycles. The highest BCUT2D eigenvalue weighted by Crippen LogP contribution is 2.28. The van der Waals surface area contributed by atoms with Crippen molar-refractivity contribution in [1.29, 1.82) is 0 Å². The monoisotopic (exact) mass is 411 g/mol. The highest BCUT2D eigenvalue weighted by Gasteiger charge is 2.17. The quantitative estimate of drug-likeness (QED) is 0.687. The molecule has 0 aliphatic carbocycles. The average Bonchev–Trinajstić information content (AvgIpc) is 2.75. The molecule has 1 fully saturated rings. The van der Waals surface area contributed by atoms with E-state index in [1.54, 1.807) is 25.3 Å². The minimum atomic E-state index is -0.0906. The van der Waals surface area contributed by atoms with E-state index in [9.17, 15) is 4.79 Å². The number of carbonyl (C=O) groups is 1. The molecule has 0 bridgehead atoms. The van der Waals surface area contributed by atoms with Gasteiger partial charge in [0.2, 0.25) is 0 Å². The molecule has 0 aromatic heterocycles. The zero-order valence-corrected chi connectivity index (χ0v) is 18.3. The third-order valence-electron chi connectivity index (χ3n) is 5.22. The molecule has 6 heteroatoms. The number of rotatable bonds is 9. The van der Waals surface area contributed by atoms with Gasteiger partial charge in [-0.3, -0.25) is 14.6 Å². The van der Waals surface area contributed by atoms with Crippen LogP contribution >= 0.6 is 0 Å². The Balaban J connectivity index is 1.41. The fourth-order valence-electron chi connectivity index (χ4n) is 3.60. The van der Waals surface area contributed by atoms with E-state index >= 15 is 0 Å². The average molecular weight is 412 g/mol. The molecule has 30 heavy (non-hydrogen) atoms. The van der Waals surface area contributed by atoms with Crippen molar-refractivity contribution in [3.05, 3.63) is 59.7 Å². The van der Waals surface area contributed by atoms with Gasteiger partial charge < -0.3 is 14.8 Å². The SMILES string of the molecule is COc1cc(C(=O)NCCN2CCN(Cc3ccccc3)CC2)ccc1OC(C)C. The van der Waals surface area contributed by atoms with Crippen LogP contribution < -0.4 is 14.8 Å². The van der Waals surface area contributed by atoms with Crippen LogP contribution in [0.3, 0.4) is 0 Å². The number of carbonyl (C=O) groups excluding carboxylic acids is 1. The second kappa shape index (κ2) is 11.0. The summed E-state index contributed by atoms with van der Waals surface area (Å²) in [6.45, 7) is 10.6. The maximum atomic E-state index is 12.5. The molecule has 3 rings (SSSR count). The van der Waals surface area contributed by atoms with E-state index in [-0.39, 0.29) is 12.0 Å². The van der Waals surface area contributed by atoms with E-state index in [1.807, 2.05) is 13.8 Å². The highest BCUT2D eigenvalue weighted by molar-refractivity contribution is 5.94. The molecular weight excluding hydrogens is 378 g/mol. The predicted molar refractivity (Wildman–Crippen MR) is 119 cm³/mol. The van der Waals surface area contributed by atoms with Gasteiger partial charge >= 0.3 is 0 Å². The molecule has 6 nitrogen and oxygen atoms in total. The van der Waals surface area contributed by atoms with E-state index in [4.69, 9.17) is 9.47 Å². The minimum Gasteiger partial charge on any atom is -0.493 e. The summed E-state index contributed by atoms with van der Waals surface area (Å²) in [6, 6.07) is 15.9. The van der Waals surface area contributed by atoms with Gasteiger partial charge in [0, 0.05) is 51.4 Å². The normalized spacial score (nSPS) is 15.2. The molecule has 162 valence electrons. The number of hydrogen-bond acceptors (Lipinski definition) is 5. The zero-order chi connectivity index (χ0) is 21.3. The van der Waals surface area contributed by atoms with Crippen LogP contribution in [-0.4, -0.2) is 68.2 Å². The molecule has 1 aliphatic heterocycles. The Morgan fingerprint density at radius 3 is 2.37 bits per heavy atom. The van der Waals surface area contributed by atoms with Crippen LogP contribution in [0.5, 0.6) is 11.5 Å². The van der Waals surface area contributed by atoms with Crippen molar-refractivity contribution < 1.29 is 14.3 Å². The molecule has 1 amide bonds. The molecule has 1 aliphatic rings. The highest BCUT2D eigenvalue weighted by atomic mass is 16.5. The van der Waals surface area contributed by atoms with Gasteiger partial charge in [0.1, 0.15) is 0 Å². The van der Waals surface area contributed by atoms with Gasteiger partial charge in [-0.25, -0.2) is 0 Å². The van der Waals surface area contributed by atoms with Gasteiger partial charge in [-0.2, -0.15) is 0 Å². The summed E-state index contributed by atoms with van der Waals surface area (Å²) in [4.78, 5) is 17.4. The fourth-order valence-corrected chi connectivity index (χ4v) is 3.60. The van der Waals surface area contributed by atoms with Gasteiger partial charge in [0.05, 0.1) is 13.2 Å². The van der Waals surface area contributed by atoms with Crippen LogP contribution in [0.25, 0.3) is 0 Å². The van der Waals surface area contributed by atoms with Crippen molar-refractivity contribution in [3.8, 4) is 11.5 Å². The predicted octanol–water partition coefficient (Wildman–Crippen LogP) is 3.03. The van der Waals surface area contributed by atoms with E-state index in [1.165, 1.54) is 5.56 Å². The van der Waals surface area contributed by atoms with Crippen molar-refractivity contribution in [2.24, 2.45) is 0 Å². The van der Waals surface area contributed by atoms with Crippen molar-refractivity contribution >= 4 is 5.91 Å². The summed E-state index contributed by atoms with van der Waals surface area (Å²) < 4.78 is 11.1. The zero-order valence-electron chi connectivity index (χ0n) is 18.3. The number of piperazine rings is 1. The van der Waals surface area contributed by atoms with Gasteiger partial charge in [-0.15, -0.1) is 0 Å². The van der Waals surface area contributed by atoms with Crippen LogP contribution in [-0.2, 0) is 6.54 Å². The molecule has 0 spiro atoms. The lowest BCUT2D eigenvalue weighted by atomic mass is 10.2. The fraction of sp³-hybridized carbons (Fsp3) is 0.458.